The zero-order valence-corrected chi connectivity index (χ0v) is 23.4. The number of pyridine rings is 1. The van der Waals surface area contributed by atoms with Crippen molar-refractivity contribution in [2.45, 2.75) is 24.9 Å². The number of carbonyl (C=O) groups is 2. The molecular weight excluding hydrogens is 499 g/mol. The van der Waals surface area contributed by atoms with Crippen molar-refractivity contribution in [1.82, 2.24) is 30.5 Å². The monoisotopic (exact) mass is 523 g/mol. The molecule has 189 valence electrons. The zero-order chi connectivity index (χ0) is 25.6. The van der Waals surface area contributed by atoms with Gasteiger partial charge >= 0.3 is 0 Å². The molecule has 1 N–H and O–H groups in total. The molecule has 2 aliphatic heterocycles. The van der Waals surface area contributed by atoms with Gasteiger partial charge in [-0.2, -0.15) is 5.21 Å². The Morgan fingerprint density at radius 2 is 1.87 bits per heavy atom. The summed E-state index contributed by atoms with van der Waals surface area (Å²) in [4.78, 5) is 32.9. The zero-order valence-electron chi connectivity index (χ0n) is 21.4. The Balaban J connectivity index is 0.00000294. The molecule has 1 spiro atoms. The predicted molar refractivity (Wildman–Crippen MR) is 138 cm³/mol. The van der Waals surface area contributed by atoms with Crippen LogP contribution in [-0.2, 0) is 0 Å². The molecule has 1 amide bonds. The van der Waals surface area contributed by atoms with Gasteiger partial charge in [0.2, 0.25) is 5.82 Å². The van der Waals surface area contributed by atoms with E-state index in [0.29, 0.717) is 65.6 Å². The van der Waals surface area contributed by atoms with Gasteiger partial charge in [0.25, 0.3) is 5.91 Å². The number of tetrazole rings is 1. The average molecular weight is 524 g/mol. The number of aromatic amines is 1. The van der Waals surface area contributed by atoms with Crippen molar-refractivity contribution < 1.29 is 23.8 Å². The van der Waals surface area contributed by atoms with Crippen molar-refractivity contribution in [3.8, 4) is 28.6 Å². The van der Waals surface area contributed by atoms with Crippen LogP contribution in [0.25, 0.3) is 22.3 Å². The molecule has 0 bridgehead atoms. The van der Waals surface area contributed by atoms with Crippen molar-refractivity contribution >= 4 is 52.2 Å². The first-order valence-electron chi connectivity index (χ1n) is 11.9. The molecule has 4 heterocycles. The third-order valence-electron chi connectivity index (χ3n) is 7.08. The molecule has 1 radical (unpaired) electrons. The Labute approximate surface area is 240 Å². The van der Waals surface area contributed by atoms with Crippen LogP contribution in [0.15, 0.2) is 42.5 Å². The van der Waals surface area contributed by atoms with E-state index in [4.69, 9.17) is 14.2 Å². The molecule has 12 heteroatoms. The number of likely N-dealkylation sites (tertiary alicyclic amines) is 1. The van der Waals surface area contributed by atoms with E-state index in [0.717, 1.165) is 5.39 Å². The maximum atomic E-state index is 13.4. The van der Waals surface area contributed by atoms with E-state index in [2.05, 4.69) is 25.6 Å². The van der Waals surface area contributed by atoms with Crippen molar-refractivity contribution in [1.29, 1.82) is 0 Å². The molecule has 0 unspecified atom stereocenters. The molecule has 6 rings (SSSR count). The number of benzene rings is 2. The second kappa shape index (κ2) is 10.3. The summed E-state index contributed by atoms with van der Waals surface area (Å²) < 4.78 is 17.4. The largest absolute Gasteiger partial charge is 0.496 e. The van der Waals surface area contributed by atoms with E-state index < -0.39 is 5.60 Å². The van der Waals surface area contributed by atoms with Gasteiger partial charge in [0.1, 0.15) is 34.1 Å². The van der Waals surface area contributed by atoms with Gasteiger partial charge in [0, 0.05) is 72.5 Å². The van der Waals surface area contributed by atoms with Gasteiger partial charge in [-0.05, 0) is 35.5 Å². The van der Waals surface area contributed by atoms with E-state index in [1.807, 2.05) is 18.2 Å². The maximum absolute atomic E-state index is 13.4. The fourth-order valence-corrected chi connectivity index (χ4v) is 5.11. The van der Waals surface area contributed by atoms with E-state index in [1.165, 1.54) is 0 Å². The third-order valence-corrected chi connectivity index (χ3v) is 7.08. The predicted octanol–water partition coefficient (Wildman–Crippen LogP) is 2.69. The van der Waals surface area contributed by atoms with Crippen LogP contribution in [0.4, 0.5) is 0 Å². The maximum Gasteiger partial charge on any atom is 0.272 e. The van der Waals surface area contributed by atoms with Crippen molar-refractivity contribution in [3.63, 3.8) is 0 Å². The Kier molecular flexibility index (Phi) is 7.08. The van der Waals surface area contributed by atoms with Crippen molar-refractivity contribution in [3.05, 3.63) is 53.7 Å². The van der Waals surface area contributed by atoms with Crippen LogP contribution in [0.3, 0.4) is 0 Å². The Hall–Kier alpha value is -3.54. The summed E-state index contributed by atoms with van der Waals surface area (Å²) in [6, 6.07) is 12.5. The molecule has 1 fully saturated rings. The number of hydrogen-bond acceptors (Lipinski definition) is 9. The summed E-state index contributed by atoms with van der Waals surface area (Å²) in [5.41, 5.74) is 1.40. The van der Waals surface area contributed by atoms with Crippen LogP contribution in [0.1, 0.15) is 40.1 Å². The van der Waals surface area contributed by atoms with Gasteiger partial charge in [-0.15, -0.1) is 10.2 Å². The first-order chi connectivity index (χ1) is 18.0. The van der Waals surface area contributed by atoms with Crippen LogP contribution >= 0.6 is 0 Å². The van der Waals surface area contributed by atoms with Crippen molar-refractivity contribution in [2.24, 2.45) is 0 Å². The molecule has 2 aliphatic rings. The molecule has 1 saturated heterocycles. The molecular formula is C26H24N6NaO5. The summed E-state index contributed by atoms with van der Waals surface area (Å²) in [7, 11) is 3.13. The summed E-state index contributed by atoms with van der Waals surface area (Å²) in [6.45, 7) is 0.882. The number of methoxy groups -OCH3 is 2. The number of H-pyrrole nitrogens is 1. The SMILES string of the molecule is COc1cc(C(=O)N2CCC3(CC2)CC(=O)c2cc(-c4nn[nH]n4)ccc2O3)nc2c(OC)cccc12.[Na]. The number of Topliss-reactive ketones (excluding diaryl/α,β-unsaturated/α-hetero) is 1. The Bertz CT molecular complexity index is 1520. The van der Waals surface area contributed by atoms with Crippen LogP contribution < -0.4 is 14.2 Å². The van der Waals surface area contributed by atoms with Gasteiger partial charge in [-0.3, -0.25) is 9.59 Å². The number of rotatable bonds is 4. The molecule has 2 aromatic carbocycles. The van der Waals surface area contributed by atoms with E-state index in [9.17, 15) is 9.59 Å². The number of aromatic nitrogens is 5. The normalized spacial score (nSPS) is 15.9. The van der Waals surface area contributed by atoms with Crippen LogP contribution in [0, 0.1) is 0 Å². The fourth-order valence-electron chi connectivity index (χ4n) is 5.11. The summed E-state index contributed by atoms with van der Waals surface area (Å²) in [5.74, 6) is 1.88. The molecule has 11 nitrogen and oxygen atoms in total. The van der Waals surface area contributed by atoms with Crippen LogP contribution in [0.5, 0.6) is 17.2 Å². The number of fused-ring (bicyclic) bond motifs is 2. The molecule has 38 heavy (non-hydrogen) atoms. The fraction of sp³-hybridized carbons (Fsp3) is 0.308. The minimum absolute atomic E-state index is 0. The van der Waals surface area contributed by atoms with E-state index in [-0.39, 0.29) is 53.4 Å². The minimum Gasteiger partial charge on any atom is -0.496 e. The standard InChI is InChI=1S/C26H24N6O5.Na/c1-35-21-5-3-4-16-22(36-2)13-18(27-23(16)21)25(34)32-10-8-26(9-11-32)14-19(33)17-12-15(6-7-20(17)37-26)24-28-30-31-29-24;/h3-7,12-13H,8-11,14H2,1-2H3,(H,28,29,30,31);. The smallest absolute Gasteiger partial charge is 0.272 e. The second-order valence-corrected chi connectivity index (χ2v) is 9.19. The van der Waals surface area contributed by atoms with Gasteiger partial charge < -0.3 is 19.1 Å². The number of carbonyl (C=O) groups excluding carboxylic acids is 2. The number of amides is 1. The topological polar surface area (TPSA) is 132 Å². The molecule has 4 aromatic rings. The quantitative estimate of drug-likeness (QED) is 0.401. The first-order valence-corrected chi connectivity index (χ1v) is 11.9. The van der Waals surface area contributed by atoms with E-state index in [1.54, 1.807) is 43.4 Å². The number of ether oxygens (including phenoxy) is 3. The van der Waals surface area contributed by atoms with Gasteiger partial charge in [-0.1, -0.05) is 6.07 Å². The Morgan fingerprint density at radius 3 is 2.58 bits per heavy atom. The van der Waals surface area contributed by atoms with Crippen LogP contribution in [0.2, 0.25) is 0 Å². The second-order valence-electron chi connectivity index (χ2n) is 9.19. The number of nitrogens with one attached hydrogen (secondary N) is 1. The molecule has 0 saturated carbocycles. The first kappa shape index (κ1) is 26.1. The van der Waals surface area contributed by atoms with Crippen LogP contribution in [-0.4, -0.2) is 105 Å². The van der Waals surface area contributed by atoms with Gasteiger partial charge in [-0.25, -0.2) is 4.98 Å². The van der Waals surface area contributed by atoms with Gasteiger partial charge in [0.15, 0.2) is 5.78 Å². The molecule has 0 atom stereocenters. The molecule has 0 aliphatic carbocycles. The number of nitrogens with zero attached hydrogens (tertiary/aromatic N) is 5. The molecule has 2 aromatic heterocycles. The number of ketones is 1. The number of para-hydroxylation sites is 1. The minimum atomic E-state index is -0.647. The average Bonchev–Trinajstić information content (AvgIpc) is 3.47. The summed E-state index contributed by atoms with van der Waals surface area (Å²) in [6.07, 6.45) is 1.31. The summed E-state index contributed by atoms with van der Waals surface area (Å²) in [5, 5.41) is 14.7. The van der Waals surface area contributed by atoms with Gasteiger partial charge in [0.05, 0.1) is 26.2 Å². The number of piperidine rings is 1. The summed E-state index contributed by atoms with van der Waals surface area (Å²) >= 11 is 0. The van der Waals surface area contributed by atoms with E-state index >= 15 is 0 Å². The van der Waals surface area contributed by atoms with Crippen molar-refractivity contribution in [2.75, 3.05) is 27.3 Å². The third kappa shape index (κ3) is 4.50. The Morgan fingerprint density at radius 1 is 1.08 bits per heavy atom. The number of hydrogen-bond donors (Lipinski definition) is 1.